The fourth-order valence-corrected chi connectivity index (χ4v) is 3.16. The maximum Gasteiger partial charge on any atom is 0.416 e. The Morgan fingerprint density at radius 1 is 1.35 bits per heavy atom. The van der Waals surface area contributed by atoms with Crippen molar-refractivity contribution in [1.82, 2.24) is 5.32 Å². The van der Waals surface area contributed by atoms with Gasteiger partial charge in [-0.25, -0.2) is 0 Å². The van der Waals surface area contributed by atoms with Crippen LogP contribution in [0.15, 0.2) is 24.3 Å². The van der Waals surface area contributed by atoms with E-state index in [1.165, 1.54) is 12.1 Å². The molecule has 0 aliphatic heterocycles. The van der Waals surface area contributed by atoms with Crippen LogP contribution in [0.25, 0.3) is 0 Å². The van der Waals surface area contributed by atoms with Crippen molar-refractivity contribution in [2.24, 2.45) is 5.92 Å². The van der Waals surface area contributed by atoms with E-state index in [0.717, 1.165) is 31.4 Å². The molecule has 2 atom stereocenters. The lowest BCUT2D eigenvalue weighted by atomic mass is 10.1. The van der Waals surface area contributed by atoms with Gasteiger partial charge < -0.3 is 5.32 Å². The SMILES string of the molecule is O=C(NCC1CCCC1Br)c1cccc(C(F)(F)F)c1. The highest BCUT2D eigenvalue weighted by Crippen LogP contribution is 2.31. The van der Waals surface area contributed by atoms with Gasteiger partial charge in [-0.3, -0.25) is 4.79 Å². The maximum absolute atomic E-state index is 12.6. The first-order valence-electron chi connectivity index (χ1n) is 6.47. The van der Waals surface area contributed by atoms with E-state index >= 15 is 0 Å². The second-order valence-corrected chi connectivity index (χ2v) is 6.17. The molecule has 1 aromatic rings. The highest BCUT2D eigenvalue weighted by molar-refractivity contribution is 9.09. The standard InChI is InChI=1S/C14H15BrF3NO/c15-12-6-2-4-10(12)8-19-13(20)9-3-1-5-11(7-9)14(16,17)18/h1,3,5,7,10,12H,2,4,6,8H2,(H,19,20). The molecule has 2 rings (SSSR count). The Bertz CT molecular complexity index is 490. The molecule has 2 nitrogen and oxygen atoms in total. The van der Waals surface area contributed by atoms with Gasteiger partial charge in [0.25, 0.3) is 5.91 Å². The quantitative estimate of drug-likeness (QED) is 0.821. The second-order valence-electron chi connectivity index (χ2n) is 5.00. The van der Waals surface area contributed by atoms with Gasteiger partial charge in [0.1, 0.15) is 0 Å². The van der Waals surface area contributed by atoms with E-state index in [1.807, 2.05) is 0 Å². The van der Waals surface area contributed by atoms with E-state index in [1.54, 1.807) is 0 Å². The number of alkyl halides is 4. The molecule has 110 valence electrons. The molecule has 1 fully saturated rings. The zero-order chi connectivity index (χ0) is 14.8. The van der Waals surface area contributed by atoms with Gasteiger partial charge in [0.05, 0.1) is 5.56 Å². The predicted molar refractivity (Wildman–Crippen MR) is 73.8 cm³/mol. The zero-order valence-electron chi connectivity index (χ0n) is 10.7. The fraction of sp³-hybridized carbons (Fsp3) is 0.500. The van der Waals surface area contributed by atoms with Crippen LogP contribution in [0, 0.1) is 5.92 Å². The van der Waals surface area contributed by atoms with Crippen LogP contribution in [0.1, 0.15) is 35.2 Å². The summed E-state index contributed by atoms with van der Waals surface area (Å²) in [4.78, 5) is 12.3. The highest BCUT2D eigenvalue weighted by atomic mass is 79.9. The number of halogens is 4. The summed E-state index contributed by atoms with van der Waals surface area (Å²) < 4.78 is 37.7. The van der Waals surface area contributed by atoms with Crippen LogP contribution >= 0.6 is 15.9 Å². The molecule has 0 aromatic heterocycles. The first kappa shape index (κ1) is 15.4. The number of amides is 1. The summed E-state index contributed by atoms with van der Waals surface area (Å²) in [6, 6.07) is 4.49. The predicted octanol–water partition coefficient (Wildman–Crippen LogP) is 4.00. The van der Waals surface area contributed by atoms with Crippen molar-refractivity contribution in [2.45, 2.75) is 30.3 Å². The number of carbonyl (C=O) groups is 1. The monoisotopic (exact) mass is 349 g/mol. The molecule has 0 heterocycles. The zero-order valence-corrected chi connectivity index (χ0v) is 12.3. The molecular formula is C14H15BrF3NO. The molecule has 0 bridgehead atoms. The van der Waals surface area contributed by atoms with E-state index in [0.29, 0.717) is 17.3 Å². The van der Waals surface area contributed by atoms with Gasteiger partial charge in [-0.1, -0.05) is 28.4 Å². The topological polar surface area (TPSA) is 29.1 Å². The van der Waals surface area contributed by atoms with Crippen molar-refractivity contribution < 1.29 is 18.0 Å². The fourth-order valence-electron chi connectivity index (χ4n) is 2.38. The van der Waals surface area contributed by atoms with Gasteiger partial charge in [-0.15, -0.1) is 0 Å². The van der Waals surface area contributed by atoms with E-state index in [2.05, 4.69) is 21.2 Å². The van der Waals surface area contributed by atoms with Gasteiger partial charge in [-0.05, 0) is 37.0 Å². The molecular weight excluding hydrogens is 335 g/mol. The van der Waals surface area contributed by atoms with Crippen LogP contribution in [-0.2, 0) is 6.18 Å². The molecule has 0 saturated heterocycles. The number of hydrogen-bond donors (Lipinski definition) is 1. The Morgan fingerprint density at radius 2 is 2.10 bits per heavy atom. The summed E-state index contributed by atoms with van der Waals surface area (Å²) in [5, 5.41) is 2.71. The van der Waals surface area contributed by atoms with Crippen molar-refractivity contribution in [1.29, 1.82) is 0 Å². The van der Waals surface area contributed by atoms with Crippen molar-refractivity contribution in [3.63, 3.8) is 0 Å². The van der Waals surface area contributed by atoms with Crippen LogP contribution < -0.4 is 5.32 Å². The second kappa shape index (κ2) is 6.16. The average molecular weight is 350 g/mol. The molecule has 0 radical (unpaired) electrons. The van der Waals surface area contributed by atoms with E-state index in [9.17, 15) is 18.0 Å². The molecule has 1 N–H and O–H groups in total. The average Bonchev–Trinajstić information content (AvgIpc) is 2.81. The molecule has 1 amide bonds. The largest absolute Gasteiger partial charge is 0.416 e. The lowest BCUT2D eigenvalue weighted by Crippen LogP contribution is -2.31. The third kappa shape index (κ3) is 3.75. The van der Waals surface area contributed by atoms with E-state index in [-0.39, 0.29) is 5.56 Å². The van der Waals surface area contributed by atoms with Gasteiger partial charge in [-0.2, -0.15) is 13.2 Å². The summed E-state index contributed by atoms with van der Waals surface area (Å²) in [5.74, 6) is -0.104. The molecule has 1 aliphatic carbocycles. The minimum absolute atomic E-state index is 0.0453. The van der Waals surface area contributed by atoms with Crippen LogP contribution in [0.5, 0.6) is 0 Å². The minimum Gasteiger partial charge on any atom is -0.352 e. The molecule has 6 heteroatoms. The summed E-state index contributed by atoms with van der Waals surface area (Å²) in [5.41, 5.74) is -0.756. The van der Waals surface area contributed by atoms with Crippen molar-refractivity contribution in [2.75, 3.05) is 6.54 Å². The van der Waals surface area contributed by atoms with Gasteiger partial charge >= 0.3 is 6.18 Å². The highest BCUT2D eigenvalue weighted by Gasteiger charge is 2.31. The lowest BCUT2D eigenvalue weighted by Gasteiger charge is -2.15. The van der Waals surface area contributed by atoms with Crippen LogP contribution in [0.3, 0.4) is 0 Å². The summed E-state index contributed by atoms with van der Waals surface area (Å²) in [7, 11) is 0. The normalized spacial score (nSPS) is 22.8. The van der Waals surface area contributed by atoms with Crippen molar-refractivity contribution >= 4 is 21.8 Å². The number of rotatable bonds is 3. The smallest absolute Gasteiger partial charge is 0.352 e. The Labute approximate surface area is 123 Å². The third-order valence-electron chi connectivity index (χ3n) is 3.54. The van der Waals surface area contributed by atoms with E-state index in [4.69, 9.17) is 0 Å². The third-order valence-corrected chi connectivity index (χ3v) is 4.75. The van der Waals surface area contributed by atoms with E-state index < -0.39 is 17.6 Å². The van der Waals surface area contributed by atoms with Gasteiger partial charge in [0, 0.05) is 16.9 Å². The first-order chi connectivity index (χ1) is 9.38. The minimum atomic E-state index is -4.43. The number of nitrogens with one attached hydrogen (secondary N) is 1. The molecule has 1 aliphatic rings. The molecule has 0 spiro atoms. The van der Waals surface area contributed by atoms with Crippen LogP contribution in [0.4, 0.5) is 13.2 Å². The summed E-state index contributed by atoms with van der Waals surface area (Å²) in [6.07, 6.45) is -1.22. The number of hydrogen-bond acceptors (Lipinski definition) is 1. The molecule has 20 heavy (non-hydrogen) atoms. The maximum atomic E-state index is 12.6. The van der Waals surface area contributed by atoms with Gasteiger partial charge in [0.2, 0.25) is 0 Å². The number of benzene rings is 1. The Kier molecular flexibility index (Phi) is 4.73. The Hall–Kier alpha value is -1.04. The number of carbonyl (C=O) groups excluding carboxylic acids is 1. The summed E-state index contributed by atoms with van der Waals surface area (Å²) in [6.45, 7) is 0.491. The Balaban J connectivity index is 1.99. The first-order valence-corrected chi connectivity index (χ1v) is 7.39. The molecule has 2 unspecified atom stereocenters. The van der Waals surface area contributed by atoms with Gasteiger partial charge in [0.15, 0.2) is 0 Å². The lowest BCUT2D eigenvalue weighted by molar-refractivity contribution is -0.137. The van der Waals surface area contributed by atoms with Crippen LogP contribution in [-0.4, -0.2) is 17.3 Å². The molecule has 1 saturated carbocycles. The summed E-state index contributed by atoms with van der Waals surface area (Å²) >= 11 is 3.55. The van der Waals surface area contributed by atoms with Crippen LogP contribution in [0.2, 0.25) is 0 Å². The van der Waals surface area contributed by atoms with Crippen molar-refractivity contribution in [3.8, 4) is 0 Å². The molecule has 1 aromatic carbocycles. The van der Waals surface area contributed by atoms with Crippen molar-refractivity contribution in [3.05, 3.63) is 35.4 Å². The Morgan fingerprint density at radius 3 is 2.70 bits per heavy atom.